The Morgan fingerprint density at radius 3 is 2.02 bits per heavy atom. The minimum atomic E-state index is -1.05. The number of benzene rings is 1. The number of piperidine rings is 1. The molecular formula is C30H42N2O10. The summed E-state index contributed by atoms with van der Waals surface area (Å²) in [5.74, 6) is -0.255. The van der Waals surface area contributed by atoms with Crippen molar-refractivity contribution in [2.45, 2.75) is 105 Å². The Kier molecular flexibility index (Phi) is 9.69. The summed E-state index contributed by atoms with van der Waals surface area (Å²) in [6.07, 6.45) is -1.92. The summed E-state index contributed by atoms with van der Waals surface area (Å²) >= 11 is 0. The van der Waals surface area contributed by atoms with Gasteiger partial charge in [0.2, 0.25) is 17.1 Å². The van der Waals surface area contributed by atoms with Crippen LogP contribution in [0.5, 0.6) is 5.75 Å². The molecule has 0 atom stereocenters. The molecule has 3 rings (SSSR count). The zero-order valence-electron chi connectivity index (χ0n) is 25.9. The molecule has 1 aliphatic rings. The van der Waals surface area contributed by atoms with Crippen LogP contribution in [-0.2, 0) is 25.5 Å². The SMILES string of the molecule is CC(C)(C)OC(=O)NCc1ccc2oc(N3CCC(OC(=O)OC(C)(C)C)CC3)c(OC(=O)OC(C)(C)C)c(=O)c2c1. The van der Waals surface area contributed by atoms with E-state index in [1.165, 1.54) is 0 Å². The Bertz CT molecular complexity index is 1350. The van der Waals surface area contributed by atoms with Crippen molar-refractivity contribution >= 4 is 35.3 Å². The summed E-state index contributed by atoms with van der Waals surface area (Å²) in [6.45, 7) is 16.4. The van der Waals surface area contributed by atoms with Gasteiger partial charge in [-0.3, -0.25) is 4.79 Å². The van der Waals surface area contributed by atoms with Crippen molar-refractivity contribution in [3.05, 3.63) is 34.0 Å². The second-order valence-corrected chi connectivity index (χ2v) is 13.1. The van der Waals surface area contributed by atoms with E-state index < -0.39 is 46.7 Å². The number of carbonyl (C=O) groups excluding carboxylic acids is 3. The number of amides is 1. The molecule has 12 nitrogen and oxygen atoms in total. The third kappa shape index (κ3) is 9.85. The average molecular weight is 591 g/mol. The Morgan fingerprint density at radius 2 is 1.45 bits per heavy atom. The van der Waals surface area contributed by atoms with Gasteiger partial charge in [0, 0.05) is 32.5 Å². The number of ether oxygens (including phenoxy) is 5. The fourth-order valence-electron chi connectivity index (χ4n) is 4.05. The standard InChI is InChI=1S/C30H42N2O10/c1-28(2,3)40-25(34)31-17-18-10-11-21-20(16-18)22(33)23(39-27(36)42-30(7,8)9)24(38-21)32-14-12-19(13-15-32)37-26(35)41-29(4,5)6/h10-11,16,19H,12-15,17H2,1-9H3,(H,31,34). The fourth-order valence-corrected chi connectivity index (χ4v) is 4.05. The zero-order valence-corrected chi connectivity index (χ0v) is 25.9. The van der Waals surface area contributed by atoms with Crippen LogP contribution in [-0.4, -0.2) is 54.4 Å². The van der Waals surface area contributed by atoms with Crippen LogP contribution in [0.1, 0.15) is 80.7 Å². The molecule has 1 amide bonds. The van der Waals surface area contributed by atoms with Crippen LogP contribution in [0.15, 0.2) is 27.4 Å². The third-order valence-corrected chi connectivity index (χ3v) is 5.69. The molecule has 1 saturated heterocycles. The molecule has 0 saturated carbocycles. The molecule has 232 valence electrons. The molecular weight excluding hydrogens is 548 g/mol. The van der Waals surface area contributed by atoms with E-state index in [2.05, 4.69) is 5.32 Å². The lowest BCUT2D eigenvalue weighted by atomic mass is 10.1. The maximum absolute atomic E-state index is 13.7. The van der Waals surface area contributed by atoms with Gasteiger partial charge in [-0.15, -0.1) is 0 Å². The first-order valence-corrected chi connectivity index (χ1v) is 13.9. The van der Waals surface area contributed by atoms with Crippen molar-refractivity contribution in [2.75, 3.05) is 18.0 Å². The summed E-state index contributed by atoms with van der Waals surface area (Å²) in [4.78, 5) is 52.3. The van der Waals surface area contributed by atoms with Gasteiger partial charge in [-0.2, -0.15) is 0 Å². The molecule has 2 heterocycles. The van der Waals surface area contributed by atoms with Crippen LogP contribution in [0, 0.1) is 0 Å². The highest BCUT2D eigenvalue weighted by Gasteiger charge is 2.31. The Morgan fingerprint density at radius 1 is 0.881 bits per heavy atom. The second-order valence-electron chi connectivity index (χ2n) is 13.1. The minimum absolute atomic E-state index is 0.0636. The first kappa shape index (κ1) is 32.6. The average Bonchev–Trinajstić information content (AvgIpc) is 2.81. The molecule has 1 N–H and O–H groups in total. The quantitative estimate of drug-likeness (QED) is 0.321. The molecule has 0 spiro atoms. The van der Waals surface area contributed by atoms with Gasteiger partial charge in [0.1, 0.15) is 28.5 Å². The van der Waals surface area contributed by atoms with Crippen molar-refractivity contribution in [3.8, 4) is 5.75 Å². The predicted octanol–water partition coefficient (Wildman–Crippen LogP) is 6.05. The molecule has 42 heavy (non-hydrogen) atoms. The Labute approximate surface area is 245 Å². The van der Waals surface area contributed by atoms with E-state index in [4.69, 9.17) is 28.1 Å². The van der Waals surface area contributed by atoms with Crippen LogP contribution >= 0.6 is 0 Å². The van der Waals surface area contributed by atoms with Gasteiger partial charge in [0.25, 0.3) is 0 Å². The number of anilines is 1. The largest absolute Gasteiger partial charge is 0.514 e. The molecule has 1 aromatic heterocycles. The lowest BCUT2D eigenvalue weighted by Gasteiger charge is -2.33. The lowest BCUT2D eigenvalue weighted by Crippen LogP contribution is -2.39. The van der Waals surface area contributed by atoms with Crippen LogP contribution < -0.4 is 20.4 Å². The number of nitrogens with zero attached hydrogens (tertiary/aromatic N) is 1. The molecule has 0 unspecified atom stereocenters. The third-order valence-electron chi connectivity index (χ3n) is 5.69. The maximum atomic E-state index is 13.7. The van der Waals surface area contributed by atoms with Crippen molar-refractivity contribution in [3.63, 3.8) is 0 Å². The van der Waals surface area contributed by atoms with Gasteiger partial charge in [0.05, 0.1) is 5.39 Å². The highest BCUT2D eigenvalue weighted by Crippen LogP contribution is 2.33. The topological polar surface area (TPSA) is 143 Å². The molecule has 12 heteroatoms. The maximum Gasteiger partial charge on any atom is 0.514 e. The first-order chi connectivity index (χ1) is 19.3. The molecule has 0 radical (unpaired) electrons. The number of hydrogen-bond acceptors (Lipinski definition) is 11. The zero-order chi connectivity index (χ0) is 31.5. The summed E-state index contributed by atoms with van der Waals surface area (Å²) in [5.41, 5.74) is -1.90. The van der Waals surface area contributed by atoms with Gasteiger partial charge in [0.15, 0.2) is 0 Å². The molecule has 1 aromatic carbocycles. The summed E-state index contributed by atoms with van der Waals surface area (Å²) in [7, 11) is 0. The van der Waals surface area contributed by atoms with Gasteiger partial charge >= 0.3 is 18.4 Å². The normalized spacial score (nSPS) is 14.7. The number of carbonyl (C=O) groups is 3. The first-order valence-electron chi connectivity index (χ1n) is 13.9. The van der Waals surface area contributed by atoms with E-state index in [1.807, 2.05) is 0 Å². The van der Waals surface area contributed by atoms with Crippen LogP contribution in [0.3, 0.4) is 0 Å². The number of nitrogens with one attached hydrogen (secondary N) is 1. The Hall–Kier alpha value is -3.96. The number of rotatable bonds is 5. The van der Waals surface area contributed by atoms with Crippen LogP contribution in [0.2, 0.25) is 0 Å². The number of alkyl carbamates (subject to hydrolysis) is 1. The van der Waals surface area contributed by atoms with Gasteiger partial charge in [-0.1, -0.05) is 6.07 Å². The van der Waals surface area contributed by atoms with Crippen LogP contribution in [0.4, 0.5) is 20.3 Å². The van der Waals surface area contributed by atoms with Crippen LogP contribution in [0.25, 0.3) is 11.0 Å². The molecule has 0 bridgehead atoms. The van der Waals surface area contributed by atoms with E-state index in [0.29, 0.717) is 31.5 Å². The number of hydrogen-bond donors (Lipinski definition) is 1. The lowest BCUT2D eigenvalue weighted by molar-refractivity contribution is -0.0312. The Balaban J connectivity index is 1.87. The monoisotopic (exact) mass is 590 g/mol. The van der Waals surface area contributed by atoms with E-state index in [1.54, 1.807) is 85.4 Å². The van der Waals surface area contributed by atoms with E-state index in [9.17, 15) is 19.2 Å². The van der Waals surface area contributed by atoms with E-state index in [-0.39, 0.29) is 29.1 Å². The summed E-state index contributed by atoms with van der Waals surface area (Å²) < 4.78 is 32.8. The molecule has 1 aliphatic heterocycles. The van der Waals surface area contributed by atoms with Crippen molar-refractivity contribution in [2.24, 2.45) is 0 Å². The van der Waals surface area contributed by atoms with Crippen molar-refractivity contribution in [1.82, 2.24) is 5.32 Å². The van der Waals surface area contributed by atoms with Gasteiger partial charge in [-0.05, 0) is 80.0 Å². The second kappa shape index (κ2) is 12.5. The predicted molar refractivity (Wildman–Crippen MR) is 155 cm³/mol. The molecule has 1 fully saturated rings. The van der Waals surface area contributed by atoms with Crippen molar-refractivity contribution in [1.29, 1.82) is 0 Å². The van der Waals surface area contributed by atoms with Gasteiger partial charge in [-0.25, -0.2) is 14.4 Å². The van der Waals surface area contributed by atoms with Crippen molar-refractivity contribution < 1.29 is 42.5 Å². The van der Waals surface area contributed by atoms with E-state index in [0.717, 1.165) is 0 Å². The van der Waals surface area contributed by atoms with E-state index >= 15 is 0 Å². The summed E-state index contributed by atoms with van der Waals surface area (Å²) in [6, 6.07) is 4.88. The fraction of sp³-hybridized carbons (Fsp3) is 0.600. The minimum Gasteiger partial charge on any atom is -0.444 e. The highest BCUT2D eigenvalue weighted by atomic mass is 16.7. The molecule has 0 aliphatic carbocycles. The highest BCUT2D eigenvalue weighted by molar-refractivity contribution is 5.82. The number of fused-ring (bicyclic) bond motifs is 1. The van der Waals surface area contributed by atoms with Gasteiger partial charge < -0.3 is 38.3 Å². The molecule has 2 aromatic rings. The summed E-state index contributed by atoms with van der Waals surface area (Å²) in [5, 5.41) is 2.81. The smallest absolute Gasteiger partial charge is 0.444 e.